The van der Waals surface area contributed by atoms with Crippen molar-refractivity contribution in [1.29, 1.82) is 0 Å². The Morgan fingerprint density at radius 2 is 1.69 bits per heavy atom. The first-order valence-electron chi connectivity index (χ1n) is 18.0. The number of aliphatic hydroxyl groups excluding tert-OH is 2. The highest BCUT2D eigenvalue weighted by Gasteiger charge is 2.46. The molecule has 0 spiro atoms. The molecule has 1 aromatic carbocycles. The molecule has 12 nitrogen and oxygen atoms in total. The van der Waals surface area contributed by atoms with E-state index in [1.165, 1.54) is 31.5 Å². The molecule has 49 heavy (non-hydrogen) atoms. The van der Waals surface area contributed by atoms with E-state index in [9.17, 15) is 33.0 Å². The molecule has 0 saturated heterocycles. The molecule has 0 aromatic heterocycles. The van der Waals surface area contributed by atoms with Crippen molar-refractivity contribution in [2.45, 2.75) is 114 Å². The van der Waals surface area contributed by atoms with Crippen molar-refractivity contribution in [3.8, 4) is 0 Å². The molecule has 0 unspecified atom stereocenters. The van der Waals surface area contributed by atoms with Gasteiger partial charge in [0.05, 0.1) is 49.3 Å². The summed E-state index contributed by atoms with van der Waals surface area (Å²) in [5, 5.41) is 27.5. The van der Waals surface area contributed by atoms with Gasteiger partial charge in [-0.15, -0.1) is 0 Å². The first-order chi connectivity index (χ1) is 23.3. The zero-order valence-electron chi connectivity index (χ0n) is 28.8. The second-order valence-electron chi connectivity index (χ2n) is 15.2. The van der Waals surface area contributed by atoms with Gasteiger partial charge in [0.2, 0.25) is 5.91 Å². The number of urea groups is 1. The van der Waals surface area contributed by atoms with Crippen molar-refractivity contribution in [3.05, 3.63) is 35.9 Å². The third-order valence-corrected chi connectivity index (χ3v) is 13.2. The van der Waals surface area contributed by atoms with E-state index in [4.69, 9.17) is 4.74 Å². The van der Waals surface area contributed by atoms with Crippen LogP contribution in [-0.4, -0.2) is 102 Å². The molecular weight excluding hydrogens is 648 g/mol. The number of amides is 3. The molecule has 272 valence electrons. The molecule has 1 heterocycles. The van der Waals surface area contributed by atoms with E-state index in [0.717, 1.165) is 56.9 Å². The predicted octanol–water partition coefficient (Wildman–Crippen LogP) is 3.00. The maximum Gasteiger partial charge on any atom is 0.326 e. The van der Waals surface area contributed by atoms with Gasteiger partial charge in [-0.1, -0.05) is 62.4 Å². The zero-order chi connectivity index (χ0) is 35.2. The number of sulfone groups is 1. The highest BCUT2D eigenvalue weighted by Crippen LogP contribution is 2.36. The fraction of sp³-hybridized carbons (Fsp3) is 0.722. The van der Waals surface area contributed by atoms with Gasteiger partial charge in [0, 0.05) is 6.54 Å². The fourth-order valence-corrected chi connectivity index (χ4v) is 8.28. The minimum absolute atomic E-state index is 0.0648. The normalized spacial score (nSPS) is 22.6. The van der Waals surface area contributed by atoms with Crippen LogP contribution in [0.4, 0.5) is 4.79 Å². The van der Waals surface area contributed by atoms with Crippen LogP contribution in [0.25, 0.3) is 0 Å². The summed E-state index contributed by atoms with van der Waals surface area (Å²) in [6.07, 6.45) is 9.42. The Balaban J connectivity index is 1.17. The molecule has 3 aliphatic carbocycles. The molecule has 5 atom stereocenters. The lowest BCUT2D eigenvalue weighted by atomic mass is 9.82. The first kappa shape index (κ1) is 37.2. The molecule has 13 heteroatoms. The number of esters is 1. The highest BCUT2D eigenvalue weighted by atomic mass is 32.2. The smallest absolute Gasteiger partial charge is 0.326 e. The van der Waals surface area contributed by atoms with Crippen molar-refractivity contribution in [2.24, 2.45) is 28.7 Å². The van der Waals surface area contributed by atoms with E-state index in [2.05, 4.69) is 15.6 Å². The van der Waals surface area contributed by atoms with Crippen molar-refractivity contribution in [3.63, 3.8) is 0 Å². The Morgan fingerprint density at radius 3 is 2.35 bits per heavy atom. The summed E-state index contributed by atoms with van der Waals surface area (Å²) >= 11 is 0. The Labute approximate surface area is 290 Å². The van der Waals surface area contributed by atoms with Gasteiger partial charge in [-0.2, -0.15) is 0 Å². The summed E-state index contributed by atoms with van der Waals surface area (Å²) in [5.41, 5.74) is 0.783. The van der Waals surface area contributed by atoms with Crippen LogP contribution < -0.4 is 10.6 Å². The number of carbonyl (C=O) groups excluding carboxylic acids is 3. The predicted molar refractivity (Wildman–Crippen MR) is 185 cm³/mol. The van der Waals surface area contributed by atoms with Crippen LogP contribution in [0.1, 0.15) is 83.6 Å². The quantitative estimate of drug-likeness (QED) is 0.179. The Bertz CT molecular complexity index is 1420. The van der Waals surface area contributed by atoms with Crippen LogP contribution in [0.5, 0.6) is 0 Å². The zero-order valence-corrected chi connectivity index (χ0v) is 29.7. The van der Waals surface area contributed by atoms with Crippen molar-refractivity contribution < 1.29 is 37.8 Å². The largest absolute Gasteiger partial charge is 0.464 e. The Kier molecular flexibility index (Phi) is 12.4. The van der Waals surface area contributed by atoms with Crippen LogP contribution >= 0.6 is 0 Å². The number of aliphatic imine (C=N–C) groups is 1. The van der Waals surface area contributed by atoms with Gasteiger partial charge in [0.1, 0.15) is 6.10 Å². The molecule has 3 fully saturated rings. The number of aliphatic hydroxyl groups is 2. The lowest BCUT2D eigenvalue weighted by Gasteiger charge is -2.33. The third kappa shape index (κ3) is 10.3. The number of hydrogen-bond donors (Lipinski definition) is 4. The van der Waals surface area contributed by atoms with E-state index in [1.807, 2.05) is 30.3 Å². The lowest BCUT2D eigenvalue weighted by Crippen LogP contribution is -2.53. The minimum Gasteiger partial charge on any atom is -0.464 e. The van der Waals surface area contributed by atoms with E-state index >= 15 is 0 Å². The second kappa shape index (κ2) is 16.3. The van der Waals surface area contributed by atoms with Crippen molar-refractivity contribution in [2.75, 3.05) is 25.4 Å². The maximum atomic E-state index is 13.6. The van der Waals surface area contributed by atoms with Gasteiger partial charge in [0.15, 0.2) is 14.6 Å². The number of benzene rings is 1. The van der Waals surface area contributed by atoms with Gasteiger partial charge in [0.25, 0.3) is 0 Å². The second-order valence-corrected chi connectivity index (χ2v) is 17.7. The Hall–Kier alpha value is -3.03. The van der Waals surface area contributed by atoms with Crippen LogP contribution in [0.3, 0.4) is 0 Å². The van der Waals surface area contributed by atoms with Crippen molar-refractivity contribution >= 4 is 34.1 Å². The topological polar surface area (TPSA) is 175 Å². The maximum absolute atomic E-state index is 13.6. The average molecular weight is 703 g/mol. The number of rotatable bonds is 17. The SMILES string of the molecule is CC(C)(C(=O)OCC1CC1)S(=O)(=O)C[C@H](Cc1ccccc1)C(=O)NC[C@H]1CN(C(=O)N[C@@H](CC2CCCCC2)[C@@H](O)[C@@H](O)C2CC2)C=N1. The van der Waals surface area contributed by atoms with E-state index in [1.54, 1.807) is 0 Å². The van der Waals surface area contributed by atoms with E-state index in [-0.39, 0.29) is 38.0 Å². The monoisotopic (exact) mass is 702 g/mol. The fourth-order valence-electron chi connectivity index (χ4n) is 6.75. The third-order valence-electron chi connectivity index (χ3n) is 10.6. The number of ether oxygens (including phenoxy) is 1. The van der Waals surface area contributed by atoms with Gasteiger partial charge in [-0.25, -0.2) is 13.2 Å². The Morgan fingerprint density at radius 1 is 1.00 bits per heavy atom. The van der Waals surface area contributed by atoms with Crippen LogP contribution in [-0.2, 0) is 30.6 Å². The average Bonchev–Trinajstić information content (AvgIpc) is 4.04. The standard InChI is InChI=1S/C36H54N4O8S/c1-36(2,34(44)48-21-26-13-14-26)49(46,47)22-28(17-24-9-5-3-6-10-24)33(43)37-19-29-20-40(23-38-29)35(45)39-30(18-25-11-7-4-8-12-25)32(42)31(41)27-15-16-27/h3,5-6,9-10,23,25-32,41-42H,4,7-8,11-22H2,1-2H3,(H,37,43)(H,39,45)/t28-,29-,30-,31-,32+/m0/s1. The number of nitrogens with one attached hydrogen (secondary N) is 2. The highest BCUT2D eigenvalue weighted by molar-refractivity contribution is 7.93. The molecule has 4 aliphatic rings. The lowest BCUT2D eigenvalue weighted by molar-refractivity contribution is -0.146. The summed E-state index contributed by atoms with van der Waals surface area (Å²) in [4.78, 5) is 45.5. The molecule has 4 N–H and O–H groups in total. The van der Waals surface area contributed by atoms with Gasteiger partial charge in [-0.3, -0.25) is 19.5 Å². The van der Waals surface area contributed by atoms with Gasteiger partial charge < -0.3 is 25.6 Å². The number of nitrogens with zero attached hydrogens (tertiary/aromatic N) is 2. The molecule has 0 bridgehead atoms. The molecule has 3 saturated carbocycles. The summed E-state index contributed by atoms with van der Waals surface area (Å²) in [5.74, 6) is -2.09. The summed E-state index contributed by atoms with van der Waals surface area (Å²) in [6.45, 7) is 3.12. The minimum atomic E-state index is -4.11. The summed E-state index contributed by atoms with van der Waals surface area (Å²) in [7, 11) is -4.11. The van der Waals surface area contributed by atoms with Gasteiger partial charge in [-0.05, 0) is 75.7 Å². The molecule has 3 amide bonds. The molecule has 1 aromatic rings. The van der Waals surface area contributed by atoms with E-state index in [0.29, 0.717) is 12.3 Å². The summed E-state index contributed by atoms with van der Waals surface area (Å²) in [6, 6.07) is 7.63. The molecule has 5 rings (SSSR count). The van der Waals surface area contributed by atoms with Gasteiger partial charge >= 0.3 is 12.0 Å². The molecule has 0 radical (unpaired) electrons. The molecular formula is C36H54N4O8S. The molecule has 1 aliphatic heterocycles. The van der Waals surface area contributed by atoms with E-state index < -0.39 is 68.5 Å². The van der Waals surface area contributed by atoms with Crippen molar-refractivity contribution in [1.82, 2.24) is 15.5 Å². The van der Waals surface area contributed by atoms with Crippen LogP contribution in [0.15, 0.2) is 35.3 Å². The summed E-state index contributed by atoms with van der Waals surface area (Å²) < 4.78 is 30.7. The van der Waals surface area contributed by atoms with Crippen LogP contribution in [0.2, 0.25) is 0 Å². The number of carbonyl (C=O) groups is 3. The van der Waals surface area contributed by atoms with Crippen LogP contribution in [0, 0.1) is 23.7 Å². The first-order valence-corrected chi connectivity index (χ1v) is 19.7. The number of hydrogen-bond acceptors (Lipinski definition) is 9.